The summed E-state index contributed by atoms with van der Waals surface area (Å²) in [4.78, 5) is 10.6. The van der Waals surface area contributed by atoms with Crippen molar-refractivity contribution in [1.29, 1.82) is 0 Å². The van der Waals surface area contributed by atoms with Gasteiger partial charge in [-0.1, -0.05) is 0 Å². The lowest BCUT2D eigenvalue weighted by molar-refractivity contribution is 0.00680. The third-order valence-electron chi connectivity index (χ3n) is 2.68. The Balaban J connectivity index is 3.17. The first-order valence-corrected chi connectivity index (χ1v) is 7.35. The first kappa shape index (κ1) is 17.4. The number of hydrogen-bond donors (Lipinski definition) is 4. The number of aromatic carboxylic acids is 1. The molecule has 0 fully saturated rings. The summed E-state index contributed by atoms with van der Waals surface area (Å²) in [7, 11) is -2.86. The molecule has 0 aliphatic heterocycles. The number of nitrogens with one attached hydrogen (secondary N) is 1. The normalized spacial score (nSPS) is 14.5. The smallest absolute Gasteiger partial charge is 0.335 e. The Kier molecular flexibility index (Phi) is 5.29. The van der Waals surface area contributed by atoms with E-state index in [0.29, 0.717) is 0 Å². The second-order valence-corrected chi connectivity index (χ2v) is 6.39. The summed E-state index contributed by atoms with van der Waals surface area (Å²) in [6.07, 6.45) is 0. The van der Waals surface area contributed by atoms with E-state index in [9.17, 15) is 18.3 Å². The SMILES string of the molecule is COc1ccc(C(=O)O)cc1S(=O)(=O)NCC(C)(O)CO. The standard InChI is InChI=1S/C12H17NO7S/c1-12(17,7-14)6-13-21(18,19)10-5-8(11(15)16)3-4-9(10)20-2/h3-5,13-14,17H,6-7H2,1-2H3,(H,15,16). The molecule has 0 spiro atoms. The number of sulfonamides is 1. The van der Waals surface area contributed by atoms with Gasteiger partial charge in [-0.25, -0.2) is 17.9 Å². The topological polar surface area (TPSA) is 133 Å². The molecule has 0 bridgehead atoms. The molecule has 0 aliphatic rings. The monoisotopic (exact) mass is 319 g/mol. The molecule has 8 nitrogen and oxygen atoms in total. The van der Waals surface area contributed by atoms with Crippen LogP contribution in [0.2, 0.25) is 0 Å². The van der Waals surface area contributed by atoms with Crippen molar-refractivity contribution in [2.75, 3.05) is 20.3 Å². The zero-order chi connectivity index (χ0) is 16.3. The molecule has 0 amide bonds. The molecule has 1 rings (SSSR count). The van der Waals surface area contributed by atoms with Gasteiger partial charge < -0.3 is 20.1 Å². The van der Waals surface area contributed by atoms with Crippen LogP contribution in [0.1, 0.15) is 17.3 Å². The van der Waals surface area contributed by atoms with Crippen molar-refractivity contribution in [1.82, 2.24) is 4.72 Å². The van der Waals surface area contributed by atoms with E-state index in [1.165, 1.54) is 26.2 Å². The van der Waals surface area contributed by atoms with Crippen LogP contribution < -0.4 is 9.46 Å². The average molecular weight is 319 g/mol. The molecule has 1 atom stereocenters. The second kappa shape index (κ2) is 6.39. The van der Waals surface area contributed by atoms with Gasteiger partial charge in [0.15, 0.2) is 0 Å². The summed E-state index contributed by atoms with van der Waals surface area (Å²) in [5.41, 5.74) is -1.85. The number of ether oxygens (including phenoxy) is 1. The maximum Gasteiger partial charge on any atom is 0.335 e. The van der Waals surface area contributed by atoms with Crippen molar-refractivity contribution >= 4 is 16.0 Å². The van der Waals surface area contributed by atoms with Crippen LogP contribution in [0, 0.1) is 0 Å². The lowest BCUT2D eigenvalue weighted by atomic mass is 10.1. The second-order valence-electron chi connectivity index (χ2n) is 4.65. The zero-order valence-corrected chi connectivity index (χ0v) is 12.3. The van der Waals surface area contributed by atoms with Gasteiger partial charge in [0.1, 0.15) is 10.6 Å². The molecule has 21 heavy (non-hydrogen) atoms. The van der Waals surface area contributed by atoms with Crippen LogP contribution in [0.25, 0.3) is 0 Å². The molecule has 1 aromatic carbocycles. The number of hydrogen-bond acceptors (Lipinski definition) is 6. The summed E-state index contributed by atoms with van der Waals surface area (Å²) in [6, 6.07) is 3.39. The minimum Gasteiger partial charge on any atom is -0.495 e. The highest BCUT2D eigenvalue weighted by Gasteiger charge is 2.26. The van der Waals surface area contributed by atoms with E-state index < -0.39 is 34.7 Å². The van der Waals surface area contributed by atoms with Gasteiger partial charge in [0, 0.05) is 6.54 Å². The third-order valence-corrected chi connectivity index (χ3v) is 4.11. The van der Waals surface area contributed by atoms with Crippen LogP contribution in [0.15, 0.2) is 23.1 Å². The minimum atomic E-state index is -4.11. The molecule has 0 radical (unpaired) electrons. The highest BCUT2D eigenvalue weighted by atomic mass is 32.2. The van der Waals surface area contributed by atoms with Gasteiger partial charge in [0.2, 0.25) is 10.0 Å². The summed E-state index contributed by atoms with van der Waals surface area (Å²) in [5.74, 6) is -1.31. The van der Waals surface area contributed by atoms with Gasteiger partial charge in [-0.05, 0) is 25.1 Å². The molecular weight excluding hydrogens is 302 g/mol. The molecule has 0 saturated carbocycles. The van der Waals surface area contributed by atoms with E-state index >= 15 is 0 Å². The third kappa shape index (κ3) is 4.39. The van der Waals surface area contributed by atoms with Gasteiger partial charge in [0.25, 0.3) is 0 Å². The Hall–Kier alpha value is -1.68. The predicted molar refractivity (Wildman–Crippen MR) is 72.9 cm³/mol. The number of carboxylic acid groups (broad SMARTS) is 1. The number of rotatable bonds is 7. The fraction of sp³-hybridized carbons (Fsp3) is 0.417. The summed E-state index contributed by atoms with van der Waals surface area (Å²) >= 11 is 0. The number of aliphatic hydroxyl groups is 2. The molecule has 1 aromatic rings. The lowest BCUT2D eigenvalue weighted by Crippen LogP contribution is -2.43. The van der Waals surface area contributed by atoms with E-state index in [4.69, 9.17) is 14.9 Å². The average Bonchev–Trinajstić information content (AvgIpc) is 2.44. The van der Waals surface area contributed by atoms with Crippen molar-refractivity contribution in [3.8, 4) is 5.75 Å². The van der Waals surface area contributed by atoms with E-state index in [2.05, 4.69) is 4.72 Å². The predicted octanol–water partition coefficient (Wildman–Crippen LogP) is -0.585. The van der Waals surface area contributed by atoms with Crippen molar-refractivity contribution in [2.45, 2.75) is 17.4 Å². The van der Waals surface area contributed by atoms with E-state index in [1.807, 2.05) is 0 Å². The molecule has 9 heteroatoms. The number of carbonyl (C=O) groups is 1. The maximum atomic E-state index is 12.2. The molecule has 118 valence electrons. The summed E-state index contributed by atoms with van der Waals surface area (Å²) < 4.78 is 31.3. The summed E-state index contributed by atoms with van der Waals surface area (Å²) in [5, 5.41) is 27.4. The van der Waals surface area contributed by atoms with Crippen molar-refractivity contribution in [3.63, 3.8) is 0 Å². The fourth-order valence-corrected chi connectivity index (χ4v) is 2.76. The van der Waals surface area contributed by atoms with E-state index in [0.717, 1.165) is 6.07 Å². The fourth-order valence-electron chi connectivity index (χ4n) is 1.40. The van der Waals surface area contributed by atoms with Crippen molar-refractivity contribution < 1.29 is 33.3 Å². The Labute approximate surface area is 122 Å². The molecule has 0 saturated heterocycles. The first-order chi connectivity index (χ1) is 9.63. The first-order valence-electron chi connectivity index (χ1n) is 5.87. The van der Waals surface area contributed by atoms with Gasteiger partial charge in [0.05, 0.1) is 24.9 Å². The zero-order valence-electron chi connectivity index (χ0n) is 11.5. The van der Waals surface area contributed by atoms with Gasteiger partial charge in [-0.2, -0.15) is 0 Å². The van der Waals surface area contributed by atoms with E-state index in [1.54, 1.807) is 0 Å². The Morgan fingerprint density at radius 1 is 1.43 bits per heavy atom. The number of carboxylic acids is 1. The quantitative estimate of drug-likeness (QED) is 0.528. The lowest BCUT2D eigenvalue weighted by Gasteiger charge is -2.21. The molecule has 4 N–H and O–H groups in total. The van der Waals surface area contributed by atoms with Crippen molar-refractivity contribution in [2.24, 2.45) is 0 Å². The van der Waals surface area contributed by atoms with Gasteiger partial charge >= 0.3 is 5.97 Å². The Bertz CT molecular complexity index is 624. The van der Waals surface area contributed by atoms with Crippen LogP contribution in [0.4, 0.5) is 0 Å². The van der Waals surface area contributed by atoms with Crippen molar-refractivity contribution in [3.05, 3.63) is 23.8 Å². The van der Waals surface area contributed by atoms with Gasteiger partial charge in [-0.15, -0.1) is 0 Å². The molecule has 0 aromatic heterocycles. The number of aliphatic hydroxyl groups excluding tert-OH is 1. The number of methoxy groups -OCH3 is 1. The van der Waals surface area contributed by atoms with Crippen LogP contribution in [-0.4, -0.2) is 55.6 Å². The van der Waals surface area contributed by atoms with Crippen LogP contribution in [-0.2, 0) is 10.0 Å². The largest absolute Gasteiger partial charge is 0.495 e. The molecule has 0 heterocycles. The van der Waals surface area contributed by atoms with E-state index in [-0.39, 0.29) is 16.2 Å². The molecule has 0 aliphatic carbocycles. The molecule has 1 unspecified atom stereocenters. The maximum absolute atomic E-state index is 12.2. The molecular formula is C12H17NO7S. The summed E-state index contributed by atoms with van der Waals surface area (Å²) in [6.45, 7) is 0.175. The van der Waals surface area contributed by atoms with Gasteiger partial charge in [-0.3, -0.25) is 0 Å². The van der Waals surface area contributed by atoms with Crippen LogP contribution in [0.3, 0.4) is 0 Å². The highest BCUT2D eigenvalue weighted by molar-refractivity contribution is 7.89. The van der Waals surface area contributed by atoms with Crippen LogP contribution in [0.5, 0.6) is 5.75 Å². The number of benzene rings is 1. The Morgan fingerprint density at radius 2 is 2.05 bits per heavy atom. The Morgan fingerprint density at radius 3 is 2.52 bits per heavy atom. The minimum absolute atomic E-state index is 0.0314. The van der Waals surface area contributed by atoms with Crippen LogP contribution >= 0.6 is 0 Å². The highest BCUT2D eigenvalue weighted by Crippen LogP contribution is 2.25.